The minimum atomic E-state index is -0.764. The Hall–Kier alpha value is -1.36. The van der Waals surface area contributed by atoms with Gasteiger partial charge in [0.2, 0.25) is 5.91 Å². The van der Waals surface area contributed by atoms with Gasteiger partial charge in [-0.05, 0) is 25.3 Å². The van der Waals surface area contributed by atoms with E-state index in [-0.39, 0.29) is 5.91 Å². The lowest BCUT2D eigenvalue weighted by Gasteiger charge is -2.26. The number of nitrogens with one attached hydrogen (secondary N) is 1. The summed E-state index contributed by atoms with van der Waals surface area (Å²) in [6.45, 7) is 6.31. The fourth-order valence-corrected chi connectivity index (χ4v) is 2.91. The van der Waals surface area contributed by atoms with Crippen molar-refractivity contribution in [1.82, 2.24) is 10.2 Å². The van der Waals surface area contributed by atoms with Crippen LogP contribution in [0.4, 0.5) is 0 Å². The molecule has 1 amide bonds. The summed E-state index contributed by atoms with van der Waals surface area (Å²) < 4.78 is 0. The summed E-state index contributed by atoms with van der Waals surface area (Å²) in [5.74, 6) is -0.754. The van der Waals surface area contributed by atoms with Crippen molar-refractivity contribution in [3.05, 3.63) is 11.1 Å². The first-order valence-corrected chi connectivity index (χ1v) is 6.92. The summed E-state index contributed by atoms with van der Waals surface area (Å²) in [6, 6.07) is 0. The van der Waals surface area contributed by atoms with Crippen LogP contribution >= 0.6 is 0 Å². The second kappa shape index (κ2) is 5.33. The quantitative estimate of drug-likeness (QED) is 0.745. The van der Waals surface area contributed by atoms with Gasteiger partial charge in [-0.15, -0.1) is 0 Å². The van der Waals surface area contributed by atoms with E-state index in [1.807, 2.05) is 13.8 Å². The maximum Gasteiger partial charge on any atom is 0.311 e. The lowest BCUT2D eigenvalue weighted by atomic mass is 9.83. The summed E-state index contributed by atoms with van der Waals surface area (Å²) in [5, 5.41) is 12.6. The summed E-state index contributed by atoms with van der Waals surface area (Å²) >= 11 is 0. The highest BCUT2D eigenvalue weighted by Gasteiger charge is 2.45. The number of amides is 1. The van der Waals surface area contributed by atoms with Gasteiger partial charge in [0.1, 0.15) is 0 Å². The molecule has 2 N–H and O–H groups in total. The molecule has 0 aromatic heterocycles. The number of carboxylic acids is 1. The molecule has 0 spiro atoms. The number of hydrogen-bond acceptors (Lipinski definition) is 3. The molecule has 1 unspecified atom stereocenters. The SMILES string of the molecule is CCCC1(C(=O)O)CCN(C(=O)C(C)=C2CNC2)C1. The number of nitrogens with zero attached hydrogens (tertiary/aromatic N) is 1. The van der Waals surface area contributed by atoms with Crippen LogP contribution in [0.25, 0.3) is 0 Å². The third-order valence-electron chi connectivity index (χ3n) is 4.35. The molecule has 0 saturated carbocycles. The van der Waals surface area contributed by atoms with Gasteiger partial charge in [-0.3, -0.25) is 9.59 Å². The average molecular weight is 266 g/mol. The van der Waals surface area contributed by atoms with Gasteiger partial charge in [0.15, 0.2) is 0 Å². The van der Waals surface area contributed by atoms with Crippen LogP contribution in [-0.2, 0) is 9.59 Å². The maximum atomic E-state index is 12.3. The lowest BCUT2D eigenvalue weighted by Crippen LogP contribution is -2.40. The van der Waals surface area contributed by atoms with Crippen molar-refractivity contribution in [2.45, 2.75) is 33.1 Å². The van der Waals surface area contributed by atoms with Crippen molar-refractivity contribution in [2.24, 2.45) is 5.41 Å². The van der Waals surface area contributed by atoms with Crippen molar-refractivity contribution in [1.29, 1.82) is 0 Å². The lowest BCUT2D eigenvalue weighted by molar-refractivity contribution is -0.148. The van der Waals surface area contributed by atoms with Gasteiger partial charge in [0.05, 0.1) is 5.41 Å². The van der Waals surface area contributed by atoms with E-state index < -0.39 is 11.4 Å². The normalized spacial score (nSPS) is 26.2. The molecule has 1 atom stereocenters. The van der Waals surface area contributed by atoms with Gasteiger partial charge in [0.25, 0.3) is 0 Å². The number of carbonyl (C=O) groups excluding carboxylic acids is 1. The molecule has 0 radical (unpaired) electrons. The molecular weight excluding hydrogens is 244 g/mol. The third kappa shape index (κ3) is 2.52. The summed E-state index contributed by atoms with van der Waals surface area (Å²) in [5.41, 5.74) is 1.21. The zero-order chi connectivity index (χ0) is 14.0. The molecule has 2 aliphatic rings. The van der Waals surface area contributed by atoms with Gasteiger partial charge < -0.3 is 15.3 Å². The van der Waals surface area contributed by atoms with E-state index in [1.165, 1.54) is 0 Å². The Labute approximate surface area is 113 Å². The Morgan fingerprint density at radius 1 is 1.42 bits per heavy atom. The van der Waals surface area contributed by atoms with Gasteiger partial charge >= 0.3 is 5.97 Å². The number of hydrogen-bond donors (Lipinski definition) is 2. The highest BCUT2D eigenvalue weighted by molar-refractivity contribution is 5.94. The molecule has 106 valence electrons. The van der Waals surface area contributed by atoms with E-state index in [0.717, 1.165) is 30.7 Å². The Bertz CT molecular complexity index is 424. The summed E-state index contributed by atoms with van der Waals surface area (Å²) in [4.78, 5) is 25.5. The van der Waals surface area contributed by atoms with Crippen LogP contribution in [0.2, 0.25) is 0 Å². The van der Waals surface area contributed by atoms with Gasteiger partial charge in [-0.25, -0.2) is 0 Å². The predicted molar refractivity (Wildman–Crippen MR) is 71.7 cm³/mol. The molecule has 0 aliphatic carbocycles. The number of aliphatic carboxylic acids is 1. The largest absolute Gasteiger partial charge is 0.481 e. The van der Waals surface area contributed by atoms with Gasteiger partial charge in [-0.2, -0.15) is 0 Å². The molecule has 0 bridgehead atoms. The third-order valence-corrected chi connectivity index (χ3v) is 4.35. The minimum absolute atomic E-state index is 0.00993. The monoisotopic (exact) mass is 266 g/mol. The van der Waals surface area contributed by atoms with Crippen LogP contribution in [0.5, 0.6) is 0 Å². The van der Waals surface area contributed by atoms with Crippen molar-refractivity contribution in [3.63, 3.8) is 0 Å². The predicted octanol–water partition coefficient (Wildman–Crippen LogP) is 1.01. The molecule has 2 heterocycles. The standard InChI is InChI=1S/C14H22N2O3/c1-3-4-14(13(18)19)5-6-16(9-14)12(17)10(2)11-7-15-8-11/h15H,3-9H2,1-2H3,(H,18,19). The fourth-order valence-electron chi connectivity index (χ4n) is 2.91. The van der Waals surface area contributed by atoms with E-state index in [2.05, 4.69) is 5.32 Å². The van der Waals surface area contributed by atoms with Crippen molar-refractivity contribution < 1.29 is 14.7 Å². The first-order chi connectivity index (χ1) is 9.00. The summed E-state index contributed by atoms with van der Waals surface area (Å²) in [7, 11) is 0. The second-order valence-electron chi connectivity index (χ2n) is 5.64. The fraction of sp³-hybridized carbons (Fsp3) is 0.714. The van der Waals surface area contributed by atoms with Gasteiger partial charge in [-0.1, -0.05) is 13.3 Å². The zero-order valence-electron chi connectivity index (χ0n) is 11.7. The number of carbonyl (C=O) groups is 2. The highest BCUT2D eigenvalue weighted by Crippen LogP contribution is 2.36. The molecule has 5 heteroatoms. The van der Waals surface area contributed by atoms with E-state index in [4.69, 9.17) is 0 Å². The second-order valence-corrected chi connectivity index (χ2v) is 5.64. The van der Waals surface area contributed by atoms with Crippen molar-refractivity contribution in [3.8, 4) is 0 Å². The Morgan fingerprint density at radius 2 is 2.11 bits per heavy atom. The Kier molecular flexibility index (Phi) is 3.94. The van der Waals surface area contributed by atoms with Crippen molar-refractivity contribution in [2.75, 3.05) is 26.2 Å². The number of likely N-dealkylation sites (tertiary alicyclic amines) is 1. The van der Waals surface area contributed by atoms with Crippen LogP contribution in [0, 0.1) is 5.41 Å². The summed E-state index contributed by atoms with van der Waals surface area (Å²) in [6.07, 6.45) is 2.05. The van der Waals surface area contributed by atoms with Crippen LogP contribution in [0.3, 0.4) is 0 Å². The molecule has 0 aromatic rings. The van der Waals surface area contributed by atoms with Crippen molar-refractivity contribution >= 4 is 11.9 Å². The van der Waals surface area contributed by atoms with Crippen LogP contribution < -0.4 is 5.32 Å². The highest BCUT2D eigenvalue weighted by atomic mass is 16.4. The minimum Gasteiger partial charge on any atom is -0.481 e. The zero-order valence-corrected chi connectivity index (χ0v) is 11.7. The van der Waals surface area contributed by atoms with Crippen LogP contribution in [0.15, 0.2) is 11.1 Å². The average Bonchev–Trinajstić information content (AvgIpc) is 2.72. The number of carboxylic acid groups (broad SMARTS) is 1. The van der Waals surface area contributed by atoms with E-state index in [1.54, 1.807) is 4.90 Å². The first kappa shape index (κ1) is 14.1. The Morgan fingerprint density at radius 3 is 2.58 bits per heavy atom. The smallest absolute Gasteiger partial charge is 0.311 e. The molecule has 0 aromatic carbocycles. The molecular formula is C14H22N2O3. The Balaban J connectivity index is 2.08. The van der Waals surface area contributed by atoms with Crippen LogP contribution in [0.1, 0.15) is 33.1 Å². The molecule has 5 nitrogen and oxygen atoms in total. The molecule has 2 rings (SSSR count). The molecule has 2 saturated heterocycles. The van der Waals surface area contributed by atoms with E-state index in [0.29, 0.717) is 25.9 Å². The molecule has 2 fully saturated rings. The van der Waals surface area contributed by atoms with Crippen LogP contribution in [-0.4, -0.2) is 48.1 Å². The molecule has 2 aliphatic heterocycles. The number of rotatable bonds is 4. The van der Waals surface area contributed by atoms with E-state index >= 15 is 0 Å². The first-order valence-electron chi connectivity index (χ1n) is 6.92. The van der Waals surface area contributed by atoms with Gasteiger partial charge in [0, 0.05) is 31.8 Å². The van der Waals surface area contributed by atoms with E-state index in [9.17, 15) is 14.7 Å². The maximum absolute atomic E-state index is 12.3. The topological polar surface area (TPSA) is 69.6 Å². The molecule has 19 heavy (non-hydrogen) atoms.